The first-order valence-corrected chi connectivity index (χ1v) is 7.53. The van der Waals surface area contributed by atoms with Crippen molar-refractivity contribution in [3.8, 4) is 0 Å². The predicted molar refractivity (Wildman–Crippen MR) is 82.1 cm³/mol. The zero-order valence-corrected chi connectivity index (χ0v) is 12.8. The molecule has 0 bridgehead atoms. The van der Waals surface area contributed by atoms with Crippen molar-refractivity contribution in [1.29, 1.82) is 0 Å². The molecule has 0 unspecified atom stereocenters. The smallest absolute Gasteiger partial charge is 0.234 e. The molecular formula is C16H12F3NO2S. The zero-order valence-electron chi connectivity index (χ0n) is 12.0. The number of rotatable bonds is 5. The van der Waals surface area contributed by atoms with E-state index in [9.17, 15) is 22.8 Å². The SMILES string of the molecule is CC(=O)c1ccc(SCC(=O)Nc2cc(F)ccc2F)c(F)c1. The lowest BCUT2D eigenvalue weighted by atomic mass is 10.1. The first-order valence-electron chi connectivity index (χ1n) is 6.55. The van der Waals surface area contributed by atoms with E-state index in [2.05, 4.69) is 5.32 Å². The van der Waals surface area contributed by atoms with Crippen LogP contribution in [0.2, 0.25) is 0 Å². The van der Waals surface area contributed by atoms with Gasteiger partial charge in [-0.25, -0.2) is 13.2 Å². The summed E-state index contributed by atoms with van der Waals surface area (Å²) in [4.78, 5) is 23.1. The summed E-state index contributed by atoms with van der Waals surface area (Å²) < 4.78 is 40.2. The Bertz CT molecular complexity index is 765. The van der Waals surface area contributed by atoms with Gasteiger partial charge >= 0.3 is 0 Å². The van der Waals surface area contributed by atoms with Gasteiger partial charge in [0.25, 0.3) is 0 Å². The number of thioether (sulfide) groups is 1. The van der Waals surface area contributed by atoms with Crippen LogP contribution in [0, 0.1) is 17.5 Å². The number of carbonyl (C=O) groups excluding carboxylic acids is 2. The first kappa shape index (κ1) is 17.1. The summed E-state index contributed by atoms with van der Waals surface area (Å²) in [7, 11) is 0. The number of hydrogen-bond donors (Lipinski definition) is 1. The summed E-state index contributed by atoms with van der Waals surface area (Å²) >= 11 is 0.890. The maximum atomic E-state index is 13.8. The largest absolute Gasteiger partial charge is 0.323 e. The van der Waals surface area contributed by atoms with E-state index in [1.165, 1.54) is 19.1 Å². The summed E-state index contributed by atoms with van der Waals surface area (Å²) in [5.41, 5.74) is -0.0406. The van der Waals surface area contributed by atoms with Crippen LogP contribution in [0.15, 0.2) is 41.3 Å². The van der Waals surface area contributed by atoms with Gasteiger partial charge in [-0.2, -0.15) is 0 Å². The van der Waals surface area contributed by atoms with E-state index in [0.29, 0.717) is 0 Å². The van der Waals surface area contributed by atoms with Gasteiger partial charge in [-0.1, -0.05) is 6.07 Å². The highest BCUT2D eigenvalue weighted by atomic mass is 32.2. The lowest BCUT2D eigenvalue weighted by molar-refractivity contribution is -0.113. The number of anilines is 1. The van der Waals surface area contributed by atoms with E-state index in [1.807, 2.05) is 0 Å². The second kappa shape index (κ2) is 7.32. The molecule has 0 aliphatic heterocycles. The summed E-state index contributed by atoms with van der Waals surface area (Å²) in [5, 5.41) is 2.22. The van der Waals surface area contributed by atoms with Gasteiger partial charge in [-0.15, -0.1) is 11.8 Å². The van der Waals surface area contributed by atoms with Gasteiger partial charge < -0.3 is 5.32 Å². The quantitative estimate of drug-likeness (QED) is 0.661. The molecule has 2 aromatic rings. The third-order valence-corrected chi connectivity index (χ3v) is 3.95. The van der Waals surface area contributed by atoms with Crippen LogP contribution in [0.4, 0.5) is 18.9 Å². The van der Waals surface area contributed by atoms with Gasteiger partial charge in [0, 0.05) is 16.5 Å². The minimum atomic E-state index is -0.762. The average Bonchev–Trinajstić information content (AvgIpc) is 2.49. The minimum Gasteiger partial charge on any atom is -0.323 e. The van der Waals surface area contributed by atoms with Crippen molar-refractivity contribution >= 4 is 29.1 Å². The van der Waals surface area contributed by atoms with Gasteiger partial charge in [0.2, 0.25) is 5.91 Å². The molecule has 0 aliphatic rings. The van der Waals surface area contributed by atoms with E-state index < -0.39 is 23.4 Å². The monoisotopic (exact) mass is 339 g/mol. The predicted octanol–water partition coefficient (Wildman–Crippen LogP) is 4.04. The average molecular weight is 339 g/mol. The maximum absolute atomic E-state index is 13.8. The van der Waals surface area contributed by atoms with Gasteiger partial charge in [0.05, 0.1) is 11.4 Å². The normalized spacial score (nSPS) is 10.4. The molecule has 23 heavy (non-hydrogen) atoms. The Balaban J connectivity index is 1.99. The number of benzene rings is 2. The molecule has 2 aromatic carbocycles. The molecule has 2 rings (SSSR count). The highest BCUT2D eigenvalue weighted by Crippen LogP contribution is 2.23. The molecule has 0 aromatic heterocycles. The van der Waals surface area contributed by atoms with Crippen LogP contribution in [-0.2, 0) is 4.79 Å². The fourth-order valence-electron chi connectivity index (χ4n) is 1.76. The minimum absolute atomic E-state index is 0.185. The summed E-state index contributed by atoms with van der Waals surface area (Å²) in [5.74, 6) is -3.12. The standard InChI is InChI=1S/C16H12F3NO2S/c1-9(21)10-2-5-15(13(19)6-10)23-8-16(22)20-14-7-11(17)3-4-12(14)18/h2-7H,8H2,1H3,(H,20,22). The molecule has 0 radical (unpaired) electrons. The summed E-state index contributed by atoms with van der Waals surface area (Å²) in [6, 6.07) is 6.64. The number of nitrogens with one attached hydrogen (secondary N) is 1. The molecule has 0 aliphatic carbocycles. The van der Waals surface area contributed by atoms with E-state index in [4.69, 9.17) is 0 Å². The Hall–Kier alpha value is -2.28. The van der Waals surface area contributed by atoms with Crippen LogP contribution in [0.1, 0.15) is 17.3 Å². The zero-order chi connectivity index (χ0) is 17.0. The second-order valence-electron chi connectivity index (χ2n) is 4.66. The molecule has 120 valence electrons. The summed E-state index contributed by atoms with van der Waals surface area (Å²) in [6.07, 6.45) is 0. The molecule has 0 atom stereocenters. The molecular weight excluding hydrogens is 327 g/mol. The van der Waals surface area contributed by atoms with Crippen molar-refractivity contribution in [2.24, 2.45) is 0 Å². The Kier molecular flexibility index (Phi) is 5.44. The Morgan fingerprint density at radius 1 is 1.04 bits per heavy atom. The highest BCUT2D eigenvalue weighted by molar-refractivity contribution is 8.00. The van der Waals surface area contributed by atoms with E-state index in [-0.39, 0.29) is 27.7 Å². The summed E-state index contributed by atoms with van der Waals surface area (Å²) in [6.45, 7) is 1.32. The lowest BCUT2D eigenvalue weighted by Crippen LogP contribution is -2.15. The number of ketones is 1. The van der Waals surface area contributed by atoms with E-state index >= 15 is 0 Å². The fraction of sp³-hybridized carbons (Fsp3) is 0.125. The number of Topliss-reactive ketones (excluding diaryl/α,β-unsaturated/α-hetero) is 1. The van der Waals surface area contributed by atoms with Crippen molar-refractivity contribution < 1.29 is 22.8 Å². The van der Waals surface area contributed by atoms with Gasteiger partial charge in [-0.3, -0.25) is 9.59 Å². The van der Waals surface area contributed by atoms with Gasteiger partial charge in [0.15, 0.2) is 5.78 Å². The molecule has 0 fully saturated rings. The fourth-order valence-corrected chi connectivity index (χ4v) is 2.48. The molecule has 1 N–H and O–H groups in total. The third-order valence-electron chi connectivity index (χ3n) is 2.90. The lowest BCUT2D eigenvalue weighted by Gasteiger charge is -2.07. The Morgan fingerprint density at radius 2 is 1.78 bits per heavy atom. The van der Waals surface area contributed by atoms with Crippen molar-refractivity contribution in [1.82, 2.24) is 0 Å². The van der Waals surface area contributed by atoms with Gasteiger partial charge in [-0.05, 0) is 31.2 Å². The second-order valence-corrected chi connectivity index (χ2v) is 5.68. The van der Waals surface area contributed by atoms with E-state index in [1.54, 1.807) is 0 Å². The van der Waals surface area contributed by atoms with Crippen molar-refractivity contribution in [3.05, 3.63) is 59.4 Å². The highest BCUT2D eigenvalue weighted by Gasteiger charge is 2.11. The maximum Gasteiger partial charge on any atom is 0.234 e. The molecule has 3 nitrogen and oxygen atoms in total. The molecule has 1 amide bonds. The van der Waals surface area contributed by atoms with Crippen LogP contribution in [-0.4, -0.2) is 17.4 Å². The molecule has 0 saturated heterocycles. The molecule has 0 spiro atoms. The number of halogens is 3. The Labute approximate surface area is 134 Å². The Morgan fingerprint density at radius 3 is 2.43 bits per heavy atom. The van der Waals surface area contributed by atoms with E-state index in [0.717, 1.165) is 36.0 Å². The number of hydrogen-bond acceptors (Lipinski definition) is 3. The van der Waals surface area contributed by atoms with Crippen LogP contribution >= 0.6 is 11.8 Å². The van der Waals surface area contributed by atoms with Gasteiger partial charge in [0.1, 0.15) is 17.5 Å². The first-order chi connectivity index (χ1) is 10.9. The topological polar surface area (TPSA) is 46.2 Å². The van der Waals surface area contributed by atoms with Crippen molar-refractivity contribution in [3.63, 3.8) is 0 Å². The third kappa shape index (κ3) is 4.59. The van der Waals surface area contributed by atoms with Crippen LogP contribution < -0.4 is 5.32 Å². The molecule has 0 heterocycles. The van der Waals surface area contributed by atoms with Crippen LogP contribution in [0.5, 0.6) is 0 Å². The van der Waals surface area contributed by atoms with Crippen molar-refractivity contribution in [2.45, 2.75) is 11.8 Å². The van der Waals surface area contributed by atoms with Crippen LogP contribution in [0.25, 0.3) is 0 Å². The molecule has 0 saturated carbocycles. The van der Waals surface area contributed by atoms with Crippen LogP contribution in [0.3, 0.4) is 0 Å². The van der Waals surface area contributed by atoms with Crippen molar-refractivity contribution in [2.75, 3.05) is 11.1 Å². The molecule has 7 heteroatoms. The number of amides is 1. The number of carbonyl (C=O) groups is 2.